The van der Waals surface area contributed by atoms with Gasteiger partial charge in [-0.05, 0) is 80.8 Å². The highest BCUT2D eigenvalue weighted by Crippen LogP contribution is 2.64. The van der Waals surface area contributed by atoms with Gasteiger partial charge in [0, 0.05) is 47.5 Å². The summed E-state index contributed by atoms with van der Waals surface area (Å²) in [6.07, 6.45) is 5.45. The van der Waals surface area contributed by atoms with Crippen LogP contribution in [0.2, 0.25) is 0 Å². The van der Waals surface area contributed by atoms with E-state index in [-0.39, 0.29) is 33.0 Å². The van der Waals surface area contributed by atoms with Crippen molar-refractivity contribution in [3.8, 4) is 0 Å². The van der Waals surface area contributed by atoms with Crippen LogP contribution in [-0.2, 0) is 21.9 Å². The molecule has 1 spiro atoms. The molecule has 3 aromatic rings. The van der Waals surface area contributed by atoms with E-state index in [1.165, 1.54) is 6.07 Å². The molecule has 41 heavy (non-hydrogen) atoms. The Labute approximate surface area is 242 Å². The smallest absolute Gasteiger partial charge is 0.281 e. The largest absolute Gasteiger partial charge is 0.367 e. The zero-order chi connectivity index (χ0) is 29.2. The molecule has 2 aliphatic heterocycles. The summed E-state index contributed by atoms with van der Waals surface area (Å²) in [6.45, 7) is 11.4. The normalized spacial score (nSPS) is 26.5. The van der Waals surface area contributed by atoms with Gasteiger partial charge in [0.1, 0.15) is 11.6 Å². The SMILES string of the molecule is CC(C)(C)c1ccc2c(n1)N1CC3(CC3CC(Cc3ccccn3)Nc3cccc(n3)S(=O)(=O)NC2=O)CC1(C)C. The number of nitrogens with zero attached hydrogens (tertiary/aromatic N) is 4. The summed E-state index contributed by atoms with van der Waals surface area (Å²) in [5.41, 5.74) is 1.66. The Morgan fingerprint density at radius 2 is 1.85 bits per heavy atom. The number of pyridine rings is 3. The first-order valence-corrected chi connectivity index (χ1v) is 15.7. The monoisotopic (exact) mass is 574 g/mol. The van der Waals surface area contributed by atoms with Crippen molar-refractivity contribution < 1.29 is 13.2 Å². The van der Waals surface area contributed by atoms with Crippen molar-refractivity contribution in [3.05, 3.63) is 71.7 Å². The van der Waals surface area contributed by atoms with Gasteiger partial charge in [0.2, 0.25) is 0 Å². The lowest BCUT2D eigenvalue weighted by Crippen LogP contribution is -2.41. The number of anilines is 2. The molecule has 3 aromatic heterocycles. The standard InChI is InChI=1S/C31H38N6O3S/c1-29(2,3)24-13-12-23-27(34-24)37-19-31(18-30(37,4)5)17-20(31)15-22(16-21-9-6-7-14-32-21)33-25-10-8-11-26(35-25)41(39,40)36-28(23)38/h6-14,20,22H,15-19H2,1-5H3,(H,33,35)(H,36,38). The van der Waals surface area contributed by atoms with E-state index >= 15 is 0 Å². The predicted molar refractivity (Wildman–Crippen MR) is 158 cm³/mol. The summed E-state index contributed by atoms with van der Waals surface area (Å²) in [5, 5.41) is 3.29. The van der Waals surface area contributed by atoms with E-state index in [9.17, 15) is 13.2 Å². The predicted octanol–water partition coefficient (Wildman–Crippen LogP) is 4.71. The zero-order valence-electron chi connectivity index (χ0n) is 24.3. The molecule has 1 saturated heterocycles. The van der Waals surface area contributed by atoms with Gasteiger partial charge in [-0.2, -0.15) is 8.42 Å². The third kappa shape index (κ3) is 5.29. The summed E-state index contributed by atoms with van der Waals surface area (Å²) in [7, 11) is -4.24. The highest BCUT2D eigenvalue weighted by molar-refractivity contribution is 7.90. The van der Waals surface area contributed by atoms with E-state index in [0.717, 1.165) is 37.2 Å². The Morgan fingerprint density at radius 1 is 1.05 bits per heavy atom. The van der Waals surface area contributed by atoms with Crippen LogP contribution in [0.1, 0.15) is 75.6 Å². The van der Waals surface area contributed by atoms with Gasteiger partial charge in [-0.25, -0.2) is 14.7 Å². The number of amides is 1. The molecule has 10 heteroatoms. The number of carbonyl (C=O) groups excluding carboxylic acids is 1. The Morgan fingerprint density at radius 3 is 2.59 bits per heavy atom. The fourth-order valence-electron chi connectivity index (χ4n) is 6.72. The highest BCUT2D eigenvalue weighted by Gasteiger charge is 2.62. The molecule has 216 valence electrons. The van der Waals surface area contributed by atoms with Crippen LogP contribution in [0.25, 0.3) is 0 Å². The van der Waals surface area contributed by atoms with Gasteiger partial charge >= 0.3 is 0 Å². The van der Waals surface area contributed by atoms with Crippen molar-refractivity contribution in [3.63, 3.8) is 0 Å². The van der Waals surface area contributed by atoms with Gasteiger partial charge in [-0.3, -0.25) is 9.78 Å². The lowest BCUT2D eigenvalue weighted by molar-refractivity contribution is 0.0981. The molecule has 2 N–H and O–H groups in total. The maximum Gasteiger partial charge on any atom is 0.281 e. The molecule has 2 fully saturated rings. The first-order chi connectivity index (χ1) is 19.3. The highest BCUT2D eigenvalue weighted by atomic mass is 32.2. The third-order valence-electron chi connectivity index (χ3n) is 8.82. The first-order valence-electron chi connectivity index (χ1n) is 14.3. The topological polar surface area (TPSA) is 117 Å². The molecular weight excluding hydrogens is 536 g/mol. The second-order valence-corrected chi connectivity index (χ2v) is 15.2. The maximum atomic E-state index is 13.6. The fraction of sp³-hybridized carbons (Fsp3) is 0.484. The third-order valence-corrected chi connectivity index (χ3v) is 10.1. The summed E-state index contributed by atoms with van der Waals surface area (Å²) >= 11 is 0. The van der Waals surface area contributed by atoms with E-state index in [4.69, 9.17) is 4.98 Å². The summed E-state index contributed by atoms with van der Waals surface area (Å²) in [6, 6.07) is 14.3. The van der Waals surface area contributed by atoms with Crippen molar-refractivity contribution in [2.75, 3.05) is 16.8 Å². The Balaban J connectivity index is 1.46. The lowest BCUT2D eigenvalue weighted by atomic mass is 9.90. The summed E-state index contributed by atoms with van der Waals surface area (Å²) < 4.78 is 29.1. The second-order valence-electron chi connectivity index (χ2n) is 13.6. The zero-order valence-corrected chi connectivity index (χ0v) is 25.1. The number of sulfonamides is 1. The van der Waals surface area contributed by atoms with Crippen molar-refractivity contribution in [2.45, 2.75) is 82.3 Å². The van der Waals surface area contributed by atoms with Gasteiger partial charge < -0.3 is 10.2 Å². The molecule has 1 amide bonds. The summed E-state index contributed by atoms with van der Waals surface area (Å²) in [5.74, 6) is 0.752. The second kappa shape index (κ2) is 9.51. The minimum Gasteiger partial charge on any atom is -0.367 e. The van der Waals surface area contributed by atoms with E-state index in [1.54, 1.807) is 24.4 Å². The van der Waals surface area contributed by atoms with Crippen molar-refractivity contribution >= 4 is 27.6 Å². The van der Waals surface area contributed by atoms with E-state index in [0.29, 0.717) is 24.0 Å². The van der Waals surface area contributed by atoms with E-state index in [1.807, 2.05) is 24.3 Å². The number of hydrogen-bond acceptors (Lipinski definition) is 8. The Kier molecular flexibility index (Phi) is 6.41. The fourth-order valence-corrected chi connectivity index (χ4v) is 7.65. The van der Waals surface area contributed by atoms with Gasteiger partial charge in [0.05, 0.1) is 5.56 Å². The average Bonchev–Trinajstić information content (AvgIpc) is 3.46. The molecule has 1 saturated carbocycles. The molecule has 3 aliphatic rings. The molecule has 6 rings (SSSR count). The molecule has 1 aliphatic carbocycles. The molecule has 3 atom stereocenters. The number of hydrogen-bond donors (Lipinski definition) is 2. The molecule has 0 aromatic carbocycles. The number of fused-ring (bicyclic) bond motifs is 5. The summed E-state index contributed by atoms with van der Waals surface area (Å²) in [4.78, 5) is 29.9. The lowest BCUT2D eigenvalue weighted by Gasteiger charge is -2.34. The molecule has 9 nitrogen and oxygen atoms in total. The number of carbonyl (C=O) groups is 1. The van der Waals surface area contributed by atoms with E-state index < -0.39 is 15.9 Å². The first kappa shape index (κ1) is 27.6. The maximum absolute atomic E-state index is 13.6. The average molecular weight is 575 g/mol. The van der Waals surface area contributed by atoms with Crippen molar-refractivity contribution in [2.24, 2.45) is 11.3 Å². The van der Waals surface area contributed by atoms with Crippen LogP contribution in [-0.4, -0.2) is 47.4 Å². The molecular formula is C31H38N6O3S. The van der Waals surface area contributed by atoms with Crippen LogP contribution in [0, 0.1) is 11.3 Å². The van der Waals surface area contributed by atoms with Gasteiger partial charge in [0.15, 0.2) is 5.03 Å². The van der Waals surface area contributed by atoms with Crippen LogP contribution in [0.5, 0.6) is 0 Å². The molecule has 4 bridgehead atoms. The number of nitrogens with one attached hydrogen (secondary N) is 2. The molecule has 5 heterocycles. The van der Waals surface area contributed by atoms with Gasteiger partial charge in [-0.15, -0.1) is 0 Å². The molecule has 0 radical (unpaired) electrons. The Hall–Kier alpha value is -3.53. The van der Waals surface area contributed by atoms with Crippen LogP contribution < -0.4 is 14.9 Å². The van der Waals surface area contributed by atoms with Gasteiger partial charge in [-0.1, -0.05) is 32.9 Å². The van der Waals surface area contributed by atoms with E-state index in [2.05, 4.69) is 59.5 Å². The Bertz CT molecular complexity index is 1600. The number of aromatic nitrogens is 3. The minimum atomic E-state index is -4.24. The minimum absolute atomic E-state index is 0.00881. The van der Waals surface area contributed by atoms with Crippen LogP contribution >= 0.6 is 0 Å². The molecule has 3 unspecified atom stereocenters. The van der Waals surface area contributed by atoms with Crippen LogP contribution in [0.3, 0.4) is 0 Å². The van der Waals surface area contributed by atoms with Crippen LogP contribution in [0.15, 0.2) is 59.8 Å². The van der Waals surface area contributed by atoms with Gasteiger partial charge in [0.25, 0.3) is 15.9 Å². The number of rotatable bonds is 2. The van der Waals surface area contributed by atoms with Crippen molar-refractivity contribution in [1.82, 2.24) is 19.7 Å². The van der Waals surface area contributed by atoms with Crippen molar-refractivity contribution in [1.29, 1.82) is 0 Å². The quantitative estimate of drug-likeness (QED) is 0.452. The van der Waals surface area contributed by atoms with Crippen LogP contribution in [0.4, 0.5) is 11.6 Å².